The number of esters is 1. The molecule has 2 saturated carbocycles. The standard InChI is InChI=1S/C10H14O3/c1-2-8(11)13-10-7-4-3-6(5-7)9(10)12/h2,6-7,9-10,12H,1,3-5H2. The molecule has 2 rings (SSSR count). The fraction of sp³-hybridized carbons (Fsp3) is 0.700. The van der Waals surface area contributed by atoms with E-state index in [1.807, 2.05) is 0 Å². The summed E-state index contributed by atoms with van der Waals surface area (Å²) in [6, 6.07) is 0. The second-order valence-electron chi connectivity index (χ2n) is 3.93. The van der Waals surface area contributed by atoms with Crippen LogP contribution in [0.15, 0.2) is 12.7 Å². The van der Waals surface area contributed by atoms with E-state index in [0.717, 1.165) is 25.3 Å². The molecule has 3 heteroatoms. The van der Waals surface area contributed by atoms with E-state index >= 15 is 0 Å². The zero-order valence-electron chi connectivity index (χ0n) is 7.48. The summed E-state index contributed by atoms with van der Waals surface area (Å²) in [6.07, 6.45) is 3.60. The first kappa shape index (κ1) is 8.75. The minimum Gasteiger partial charge on any atom is -0.456 e. The first-order valence-corrected chi connectivity index (χ1v) is 4.73. The van der Waals surface area contributed by atoms with E-state index in [9.17, 15) is 9.90 Å². The molecule has 72 valence electrons. The summed E-state index contributed by atoms with van der Waals surface area (Å²) in [5.74, 6) is 0.313. The van der Waals surface area contributed by atoms with Crippen LogP contribution in [0.1, 0.15) is 19.3 Å². The topological polar surface area (TPSA) is 46.5 Å². The van der Waals surface area contributed by atoms with Gasteiger partial charge in [-0.1, -0.05) is 6.58 Å². The van der Waals surface area contributed by atoms with Gasteiger partial charge in [0.25, 0.3) is 0 Å². The van der Waals surface area contributed by atoms with Crippen molar-refractivity contribution < 1.29 is 14.6 Å². The zero-order chi connectivity index (χ0) is 9.42. The van der Waals surface area contributed by atoms with E-state index < -0.39 is 12.1 Å². The first-order chi connectivity index (χ1) is 6.22. The van der Waals surface area contributed by atoms with Gasteiger partial charge in [0.1, 0.15) is 6.10 Å². The Morgan fingerprint density at radius 1 is 1.46 bits per heavy atom. The van der Waals surface area contributed by atoms with Crippen molar-refractivity contribution in [2.45, 2.75) is 31.5 Å². The van der Waals surface area contributed by atoms with Gasteiger partial charge in [-0.2, -0.15) is 0 Å². The monoisotopic (exact) mass is 182 g/mol. The van der Waals surface area contributed by atoms with Crippen LogP contribution in [0.2, 0.25) is 0 Å². The molecule has 0 radical (unpaired) electrons. The van der Waals surface area contributed by atoms with E-state index in [-0.39, 0.29) is 6.10 Å². The molecule has 0 aromatic heterocycles. The summed E-state index contributed by atoms with van der Waals surface area (Å²) in [5, 5.41) is 9.71. The van der Waals surface area contributed by atoms with Crippen molar-refractivity contribution in [1.82, 2.24) is 0 Å². The molecule has 1 N–H and O–H groups in total. The van der Waals surface area contributed by atoms with Gasteiger partial charge in [0.15, 0.2) is 0 Å². The number of fused-ring (bicyclic) bond motifs is 2. The van der Waals surface area contributed by atoms with Crippen LogP contribution in [0.5, 0.6) is 0 Å². The Balaban J connectivity index is 2.00. The number of hydrogen-bond donors (Lipinski definition) is 1. The summed E-state index contributed by atoms with van der Waals surface area (Å²) in [5.41, 5.74) is 0. The molecular formula is C10H14O3. The maximum atomic E-state index is 10.9. The van der Waals surface area contributed by atoms with Gasteiger partial charge in [0.2, 0.25) is 0 Å². The molecular weight excluding hydrogens is 168 g/mol. The normalized spacial score (nSPS) is 41.9. The van der Waals surface area contributed by atoms with E-state index in [0.29, 0.717) is 11.8 Å². The Morgan fingerprint density at radius 2 is 2.15 bits per heavy atom. The van der Waals surface area contributed by atoms with Crippen molar-refractivity contribution >= 4 is 5.97 Å². The highest BCUT2D eigenvalue weighted by atomic mass is 16.6. The summed E-state index contributed by atoms with van der Waals surface area (Å²) in [7, 11) is 0. The number of aliphatic hydroxyl groups excluding tert-OH is 1. The minimum absolute atomic E-state index is 0.274. The molecule has 2 aliphatic rings. The molecule has 0 aromatic rings. The lowest BCUT2D eigenvalue weighted by atomic mass is 9.95. The summed E-state index contributed by atoms with van der Waals surface area (Å²) >= 11 is 0. The third-order valence-corrected chi connectivity index (χ3v) is 3.22. The van der Waals surface area contributed by atoms with Crippen LogP contribution in [-0.4, -0.2) is 23.3 Å². The summed E-state index contributed by atoms with van der Waals surface area (Å²) in [4.78, 5) is 10.9. The minimum atomic E-state index is -0.442. The fourth-order valence-corrected chi connectivity index (χ4v) is 2.56. The lowest BCUT2D eigenvalue weighted by Crippen LogP contribution is -2.36. The zero-order valence-corrected chi connectivity index (χ0v) is 7.48. The quantitative estimate of drug-likeness (QED) is 0.509. The highest BCUT2D eigenvalue weighted by Gasteiger charge is 2.48. The fourth-order valence-electron chi connectivity index (χ4n) is 2.56. The Kier molecular flexibility index (Phi) is 2.12. The third-order valence-electron chi connectivity index (χ3n) is 3.22. The van der Waals surface area contributed by atoms with E-state index in [1.54, 1.807) is 0 Å². The van der Waals surface area contributed by atoms with Crippen LogP contribution in [0.4, 0.5) is 0 Å². The lowest BCUT2D eigenvalue weighted by molar-refractivity contribution is -0.152. The van der Waals surface area contributed by atoms with Gasteiger partial charge in [-0.05, 0) is 31.1 Å². The Labute approximate surface area is 77.4 Å². The second-order valence-corrected chi connectivity index (χ2v) is 3.93. The lowest BCUT2D eigenvalue weighted by Gasteiger charge is -2.26. The maximum absolute atomic E-state index is 10.9. The molecule has 4 atom stereocenters. The molecule has 3 nitrogen and oxygen atoms in total. The molecule has 0 spiro atoms. The van der Waals surface area contributed by atoms with Crippen LogP contribution in [0.3, 0.4) is 0 Å². The second kappa shape index (κ2) is 3.14. The Morgan fingerprint density at radius 3 is 2.69 bits per heavy atom. The van der Waals surface area contributed by atoms with E-state index in [1.165, 1.54) is 0 Å². The molecule has 0 aliphatic heterocycles. The molecule has 2 bridgehead atoms. The van der Waals surface area contributed by atoms with E-state index in [2.05, 4.69) is 6.58 Å². The van der Waals surface area contributed by atoms with Crippen molar-refractivity contribution in [1.29, 1.82) is 0 Å². The third kappa shape index (κ3) is 1.37. The smallest absolute Gasteiger partial charge is 0.330 e. The van der Waals surface area contributed by atoms with Crippen LogP contribution in [0.25, 0.3) is 0 Å². The van der Waals surface area contributed by atoms with Crippen LogP contribution < -0.4 is 0 Å². The van der Waals surface area contributed by atoms with Crippen LogP contribution in [0, 0.1) is 11.8 Å². The van der Waals surface area contributed by atoms with Crippen molar-refractivity contribution in [2.24, 2.45) is 11.8 Å². The van der Waals surface area contributed by atoms with E-state index in [4.69, 9.17) is 4.74 Å². The average molecular weight is 182 g/mol. The average Bonchev–Trinajstić information content (AvgIpc) is 2.69. The van der Waals surface area contributed by atoms with Gasteiger partial charge < -0.3 is 9.84 Å². The molecule has 2 aliphatic carbocycles. The van der Waals surface area contributed by atoms with Crippen molar-refractivity contribution in [3.8, 4) is 0 Å². The molecule has 13 heavy (non-hydrogen) atoms. The van der Waals surface area contributed by atoms with Crippen LogP contribution in [-0.2, 0) is 9.53 Å². The van der Waals surface area contributed by atoms with Crippen molar-refractivity contribution in [3.05, 3.63) is 12.7 Å². The number of hydrogen-bond acceptors (Lipinski definition) is 3. The predicted octanol–water partition coefficient (Wildman–Crippen LogP) is 0.875. The SMILES string of the molecule is C=CC(=O)OC1C2CCC(C2)C1O. The number of ether oxygens (including phenoxy) is 1. The van der Waals surface area contributed by atoms with Gasteiger partial charge >= 0.3 is 5.97 Å². The maximum Gasteiger partial charge on any atom is 0.330 e. The van der Waals surface area contributed by atoms with Gasteiger partial charge in [-0.15, -0.1) is 0 Å². The molecule has 0 amide bonds. The summed E-state index contributed by atoms with van der Waals surface area (Å²) < 4.78 is 5.10. The Hall–Kier alpha value is -0.830. The first-order valence-electron chi connectivity index (χ1n) is 4.73. The van der Waals surface area contributed by atoms with Crippen molar-refractivity contribution in [2.75, 3.05) is 0 Å². The summed E-state index contributed by atoms with van der Waals surface area (Å²) in [6.45, 7) is 3.33. The van der Waals surface area contributed by atoms with Crippen molar-refractivity contribution in [3.63, 3.8) is 0 Å². The number of carbonyl (C=O) groups is 1. The van der Waals surface area contributed by atoms with Gasteiger partial charge in [0.05, 0.1) is 6.10 Å². The molecule has 0 heterocycles. The molecule has 0 saturated heterocycles. The highest BCUT2D eigenvalue weighted by Crippen LogP contribution is 2.46. The molecule has 2 fully saturated rings. The van der Waals surface area contributed by atoms with Gasteiger partial charge in [0, 0.05) is 6.08 Å². The molecule has 4 unspecified atom stereocenters. The van der Waals surface area contributed by atoms with Gasteiger partial charge in [-0.25, -0.2) is 4.79 Å². The van der Waals surface area contributed by atoms with Gasteiger partial charge in [-0.3, -0.25) is 0 Å². The molecule has 0 aromatic carbocycles. The predicted molar refractivity (Wildman–Crippen MR) is 46.9 cm³/mol. The van der Waals surface area contributed by atoms with Crippen LogP contribution >= 0.6 is 0 Å². The number of carbonyl (C=O) groups excluding carboxylic acids is 1. The highest BCUT2D eigenvalue weighted by molar-refractivity contribution is 5.81. The number of aliphatic hydroxyl groups is 1. The Bertz CT molecular complexity index is 234. The largest absolute Gasteiger partial charge is 0.456 e. The number of rotatable bonds is 2.